The Morgan fingerprint density at radius 2 is 1.96 bits per heavy atom. The Morgan fingerprint density at radius 1 is 1.23 bits per heavy atom. The van der Waals surface area contributed by atoms with Crippen LogP contribution in [0.15, 0.2) is 42.7 Å². The molecule has 0 saturated heterocycles. The third kappa shape index (κ3) is 2.66. The summed E-state index contributed by atoms with van der Waals surface area (Å²) in [7, 11) is 0. The van der Waals surface area contributed by atoms with Crippen LogP contribution < -0.4 is 10.2 Å². The Bertz CT molecular complexity index is 817. The average Bonchev–Trinajstić information content (AvgIpc) is 2.97. The second kappa shape index (κ2) is 6.38. The molecule has 1 N–H and O–H groups in total. The van der Waals surface area contributed by atoms with Crippen LogP contribution in [0.25, 0.3) is 0 Å². The highest BCUT2D eigenvalue weighted by atomic mass is 19.1. The van der Waals surface area contributed by atoms with E-state index in [1.165, 1.54) is 6.07 Å². The molecule has 2 amide bonds. The quantitative estimate of drug-likeness (QED) is 0.878. The zero-order chi connectivity index (χ0) is 18.3. The molecule has 1 aromatic carbocycles. The number of anilines is 1. The van der Waals surface area contributed by atoms with Crippen molar-refractivity contribution in [2.45, 2.75) is 44.6 Å². The van der Waals surface area contributed by atoms with E-state index < -0.39 is 0 Å². The minimum Gasteiger partial charge on any atom is -0.331 e. The molecular formula is C21H24FN3O. The number of carbonyl (C=O) groups is 1. The second-order valence-corrected chi connectivity index (χ2v) is 7.81. The van der Waals surface area contributed by atoms with Crippen molar-refractivity contribution in [2.24, 2.45) is 5.92 Å². The lowest BCUT2D eigenvalue weighted by Crippen LogP contribution is -2.46. The maximum Gasteiger partial charge on any atom is 0.322 e. The molecule has 1 spiro atoms. The van der Waals surface area contributed by atoms with Gasteiger partial charge in [-0.05, 0) is 48.6 Å². The molecule has 1 fully saturated rings. The van der Waals surface area contributed by atoms with Crippen molar-refractivity contribution in [3.8, 4) is 0 Å². The maximum atomic E-state index is 14.5. The summed E-state index contributed by atoms with van der Waals surface area (Å²) in [5.41, 5.74) is 2.29. The third-order valence-corrected chi connectivity index (χ3v) is 5.84. The summed E-state index contributed by atoms with van der Waals surface area (Å²) in [6, 6.07) is 8.65. The van der Waals surface area contributed by atoms with Gasteiger partial charge in [0.1, 0.15) is 5.82 Å². The molecule has 136 valence electrons. The first kappa shape index (κ1) is 17.0. The Morgan fingerprint density at radius 3 is 2.58 bits per heavy atom. The fourth-order valence-corrected chi connectivity index (χ4v) is 4.34. The van der Waals surface area contributed by atoms with Gasteiger partial charge in [0.05, 0.1) is 11.7 Å². The van der Waals surface area contributed by atoms with Crippen LogP contribution in [0.2, 0.25) is 0 Å². The van der Waals surface area contributed by atoms with Gasteiger partial charge in [-0.25, -0.2) is 9.18 Å². The topological polar surface area (TPSA) is 45.2 Å². The van der Waals surface area contributed by atoms with Gasteiger partial charge in [-0.15, -0.1) is 0 Å². The highest BCUT2D eigenvalue weighted by Gasteiger charge is 2.50. The number of nitrogens with zero attached hydrogens (tertiary/aromatic N) is 2. The molecule has 1 aliphatic heterocycles. The van der Waals surface area contributed by atoms with Crippen molar-refractivity contribution in [3.05, 3.63) is 59.7 Å². The molecule has 26 heavy (non-hydrogen) atoms. The molecule has 2 heterocycles. The van der Waals surface area contributed by atoms with E-state index in [-0.39, 0.29) is 29.2 Å². The maximum absolute atomic E-state index is 14.5. The zero-order valence-electron chi connectivity index (χ0n) is 15.2. The number of rotatable bonds is 3. The summed E-state index contributed by atoms with van der Waals surface area (Å²) in [6.45, 7) is 4.73. The number of halogens is 1. The van der Waals surface area contributed by atoms with Gasteiger partial charge in [-0.3, -0.25) is 9.88 Å². The van der Waals surface area contributed by atoms with Crippen LogP contribution >= 0.6 is 0 Å². The number of hydrogen-bond acceptors (Lipinski definition) is 2. The highest BCUT2D eigenvalue weighted by Crippen LogP contribution is 2.53. The van der Waals surface area contributed by atoms with Crippen molar-refractivity contribution in [1.29, 1.82) is 0 Å². The minimum absolute atomic E-state index is 0.111. The SMILES string of the molecule is CC(C)C(NC(=O)N1CC2(CCC2)c2c(F)cccc21)c1ccncc1. The number of fused-ring (bicyclic) bond motifs is 2. The third-order valence-electron chi connectivity index (χ3n) is 5.84. The predicted octanol–water partition coefficient (Wildman–Crippen LogP) is 4.57. The zero-order valence-corrected chi connectivity index (χ0v) is 15.2. The van der Waals surface area contributed by atoms with Crippen LogP contribution in [-0.2, 0) is 5.41 Å². The van der Waals surface area contributed by atoms with E-state index in [0.717, 1.165) is 36.1 Å². The second-order valence-electron chi connectivity index (χ2n) is 7.81. The fourth-order valence-electron chi connectivity index (χ4n) is 4.34. The molecule has 4 rings (SSSR count). The van der Waals surface area contributed by atoms with Crippen LogP contribution in [-0.4, -0.2) is 17.6 Å². The molecule has 1 unspecified atom stereocenters. The van der Waals surface area contributed by atoms with Crippen molar-refractivity contribution in [2.75, 3.05) is 11.4 Å². The lowest BCUT2D eigenvalue weighted by atomic mass is 9.65. The smallest absolute Gasteiger partial charge is 0.322 e. The summed E-state index contributed by atoms with van der Waals surface area (Å²) in [4.78, 5) is 18.9. The molecular weight excluding hydrogens is 329 g/mol. The summed E-state index contributed by atoms with van der Waals surface area (Å²) in [6.07, 6.45) is 6.46. The molecule has 1 aliphatic carbocycles. The average molecular weight is 353 g/mol. The number of pyridine rings is 1. The van der Waals surface area contributed by atoms with E-state index in [9.17, 15) is 9.18 Å². The minimum atomic E-state index is -0.192. The largest absolute Gasteiger partial charge is 0.331 e. The normalized spacial score (nSPS) is 18.5. The fraction of sp³-hybridized carbons (Fsp3) is 0.429. The number of carbonyl (C=O) groups excluding carboxylic acids is 1. The number of urea groups is 1. The first-order chi connectivity index (χ1) is 12.5. The van der Waals surface area contributed by atoms with E-state index in [4.69, 9.17) is 0 Å². The van der Waals surface area contributed by atoms with E-state index in [1.54, 1.807) is 23.4 Å². The van der Waals surface area contributed by atoms with Gasteiger partial charge >= 0.3 is 6.03 Å². The number of amides is 2. The summed E-state index contributed by atoms with van der Waals surface area (Å²) in [5, 5.41) is 3.16. The van der Waals surface area contributed by atoms with Gasteiger partial charge in [0.2, 0.25) is 0 Å². The van der Waals surface area contributed by atoms with Crippen LogP contribution in [0.3, 0.4) is 0 Å². The van der Waals surface area contributed by atoms with Gasteiger partial charge in [0.25, 0.3) is 0 Å². The summed E-state index contributed by atoms with van der Waals surface area (Å²) >= 11 is 0. The van der Waals surface area contributed by atoms with Crippen molar-refractivity contribution < 1.29 is 9.18 Å². The van der Waals surface area contributed by atoms with Crippen molar-refractivity contribution in [1.82, 2.24) is 10.3 Å². The molecule has 2 aromatic rings. The molecule has 0 radical (unpaired) electrons. The van der Waals surface area contributed by atoms with Gasteiger partial charge in [-0.1, -0.05) is 26.3 Å². The molecule has 1 aromatic heterocycles. The van der Waals surface area contributed by atoms with Crippen LogP contribution in [0, 0.1) is 11.7 Å². The molecule has 1 atom stereocenters. The molecule has 5 heteroatoms. The molecule has 2 aliphatic rings. The molecule has 1 saturated carbocycles. The standard InChI is InChI=1S/C21H24FN3O/c1-14(2)19(15-7-11-23-12-8-15)24-20(26)25-13-21(9-4-10-21)18-16(22)5-3-6-17(18)25/h3,5-8,11-12,14,19H,4,9-10,13H2,1-2H3,(H,24,26). The van der Waals surface area contributed by atoms with Gasteiger partial charge in [0, 0.05) is 29.9 Å². The van der Waals surface area contributed by atoms with Crippen LogP contribution in [0.5, 0.6) is 0 Å². The number of nitrogens with one attached hydrogen (secondary N) is 1. The first-order valence-corrected chi connectivity index (χ1v) is 9.29. The van der Waals surface area contributed by atoms with E-state index >= 15 is 0 Å². The van der Waals surface area contributed by atoms with Gasteiger partial charge in [0.15, 0.2) is 0 Å². The Balaban J connectivity index is 1.62. The number of hydrogen-bond donors (Lipinski definition) is 1. The van der Waals surface area contributed by atoms with E-state index in [1.807, 2.05) is 18.2 Å². The monoisotopic (exact) mass is 353 g/mol. The van der Waals surface area contributed by atoms with E-state index in [2.05, 4.69) is 24.1 Å². The summed E-state index contributed by atoms with van der Waals surface area (Å²) < 4.78 is 14.5. The van der Waals surface area contributed by atoms with Gasteiger partial charge in [-0.2, -0.15) is 0 Å². The number of benzene rings is 1. The Hall–Kier alpha value is -2.43. The predicted molar refractivity (Wildman–Crippen MR) is 99.6 cm³/mol. The van der Waals surface area contributed by atoms with Crippen LogP contribution in [0.4, 0.5) is 14.9 Å². The number of aromatic nitrogens is 1. The van der Waals surface area contributed by atoms with E-state index in [0.29, 0.717) is 6.54 Å². The van der Waals surface area contributed by atoms with Crippen molar-refractivity contribution in [3.63, 3.8) is 0 Å². The Labute approximate surface area is 153 Å². The van der Waals surface area contributed by atoms with Gasteiger partial charge < -0.3 is 5.32 Å². The molecule has 4 nitrogen and oxygen atoms in total. The lowest BCUT2D eigenvalue weighted by molar-refractivity contribution is 0.228. The van der Waals surface area contributed by atoms with Crippen LogP contribution in [0.1, 0.15) is 50.3 Å². The van der Waals surface area contributed by atoms with Crippen molar-refractivity contribution >= 4 is 11.7 Å². The molecule has 0 bridgehead atoms. The Kier molecular flexibility index (Phi) is 4.17. The first-order valence-electron chi connectivity index (χ1n) is 9.29. The highest BCUT2D eigenvalue weighted by molar-refractivity contribution is 5.95. The lowest BCUT2D eigenvalue weighted by Gasteiger charge is -2.39. The summed E-state index contributed by atoms with van der Waals surface area (Å²) in [5.74, 6) is 0.0423.